The van der Waals surface area contributed by atoms with Crippen LogP contribution in [0.1, 0.15) is 40.0 Å². The number of hydrogen-bond acceptors (Lipinski definition) is 0. The highest BCUT2D eigenvalue weighted by atomic mass is 35.5. The Hall–Kier alpha value is -0.750. The van der Waals surface area contributed by atoms with Crippen molar-refractivity contribution in [2.45, 2.75) is 40.0 Å². The van der Waals surface area contributed by atoms with E-state index in [-0.39, 0.29) is 0 Å². The minimum atomic E-state index is 0.639. The van der Waals surface area contributed by atoms with E-state index >= 15 is 0 Å². The third-order valence-electron chi connectivity index (χ3n) is 3.01. The number of rotatable bonds is 4. The summed E-state index contributed by atoms with van der Waals surface area (Å²) in [4.78, 5) is 0. The first kappa shape index (κ1) is 13.3. The zero-order valence-electron chi connectivity index (χ0n) is 10.5. The Kier molecular flexibility index (Phi) is 5.08. The second-order valence-corrected chi connectivity index (χ2v) is 5.04. The Morgan fingerprint density at radius 3 is 2.81 bits per heavy atom. The zero-order chi connectivity index (χ0) is 12.1. The predicted octanol–water partition coefficient (Wildman–Crippen LogP) is 5.38. The maximum absolute atomic E-state index is 6.07. The van der Waals surface area contributed by atoms with Gasteiger partial charge in [0.05, 0.1) is 0 Å². The van der Waals surface area contributed by atoms with Gasteiger partial charge in [-0.05, 0) is 42.9 Å². The standard InChI is InChI=1S/C15H21Cl/c1-5-12(4)6-7-13-8-9-14(16)10-15(13)11(2)3/h6-7,10,12H,2,5,8-9H2,1,3-4H3/b7-6-. The Morgan fingerprint density at radius 1 is 1.56 bits per heavy atom. The molecule has 1 unspecified atom stereocenters. The van der Waals surface area contributed by atoms with Crippen molar-refractivity contribution in [3.63, 3.8) is 0 Å². The third-order valence-corrected chi connectivity index (χ3v) is 3.31. The molecule has 0 saturated heterocycles. The molecule has 0 N–H and O–H groups in total. The molecule has 0 aliphatic heterocycles. The Bertz CT molecular complexity index is 356. The maximum Gasteiger partial charge on any atom is 0.0190 e. The van der Waals surface area contributed by atoms with Gasteiger partial charge in [0.15, 0.2) is 0 Å². The summed E-state index contributed by atoms with van der Waals surface area (Å²) in [6.07, 6.45) is 9.76. The Morgan fingerprint density at radius 2 is 2.25 bits per heavy atom. The highest BCUT2D eigenvalue weighted by Crippen LogP contribution is 2.30. The van der Waals surface area contributed by atoms with Gasteiger partial charge in [-0.25, -0.2) is 0 Å². The lowest BCUT2D eigenvalue weighted by molar-refractivity contribution is 0.697. The minimum Gasteiger partial charge on any atom is -0.0955 e. The lowest BCUT2D eigenvalue weighted by Crippen LogP contribution is -1.97. The van der Waals surface area contributed by atoms with E-state index in [1.54, 1.807) is 0 Å². The van der Waals surface area contributed by atoms with Crippen molar-refractivity contribution in [2.75, 3.05) is 0 Å². The summed E-state index contributed by atoms with van der Waals surface area (Å²) in [5, 5.41) is 0.943. The van der Waals surface area contributed by atoms with Crippen molar-refractivity contribution in [3.05, 3.63) is 46.6 Å². The molecular weight excluding hydrogens is 216 g/mol. The zero-order valence-corrected chi connectivity index (χ0v) is 11.3. The molecule has 0 saturated carbocycles. The van der Waals surface area contributed by atoms with Crippen LogP contribution in [0.2, 0.25) is 0 Å². The molecule has 0 aromatic rings. The smallest absolute Gasteiger partial charge is 0.0190 e. The number of allylic oxidation sites excluding steroid dienone is 7. The molecule has 1 rings (SSSR count). The van der Waals surface area contributed by atoms with Crippen LogP contribution in [0.3, 0.4) is 0 Å². The van der Waals surface area contributed by atoms with Crippen molar-refractivity contribution < 1.29 is 0 Å². The molecule has 16 heavy (non-hydrogen) atoms. The third kappa shape index (κ3) is 3.68. The van der Waals surface area contributed by atoms with Crippen molar-refractivity contribution in [2.24, 2.45) is 5.92 Å². The molecule has 1 atom stereocenters. The van der Waals surface area contributed by atoms with E-state index in [9.17, 15) is 0 Å². The van der Waals surface area contributed by atoms with Gasteiger partial charge in [0.1, 0.15) is 0 Å². The lowest BCUT2D eigenvalue weighted by atomic mass is 9.92. The van der Waals surface area contributed by atoms with E-state index < -0.39 is 0 Å². The van der Waals surface area contributed by atoms with E-state index in [1.807, 2.05) is 6.92 Å². The van der Waals surface area contributed by atoms with Crippen LogP contribution in [0.25, 0.3) is 0 Å². The van der Waals surface area contributed by atoms with E-state index in [1.165, 1.54) is 17.6 Å². The molecule has 1 heteroatoms. The fourth-order valence-electron chi connectivity index (χ4n) is 1.70. The van der Waals surface area contributed by atoms with Crippen LogP contribution >= 0.6 is 11.6 Å². The first-order valence-corrected chi connectivity index (χ1v) is 6.35. The van der Waals surface area contributed by atoms with Crippen molar-refractivity contribution in [3.8, 4) is 0 Å². The molecule has 0 amide bonds. The van der Waals surface area contributed by atoms with Crippen LogP contribution < -0.4 is 0 Å². The van der Waals surface area contributed by atoms with Crippen molar-refractivity contribution in [1.29, 1.82) is 0 Å². The summed E-state index contributed by atoms with van der Waals surface area (Å²) in [5.74, 6) is 0.639. The highest BCUT2D eigenvalue weighted by Gasteiger charge is 2.10. The molecule has 0 heterocycles. The quantitative estimate of drug-likeness (QED) is 0.615. The van der Waals surface area contributed by atoms with Crippen LogP contribution in [-0.2, 0) is 0 Å². The molecule has 0 fully saturated rings. The highest BCUT2D eigenvalue weighted by molar-refractivity contribution is 6.29. The van der Waals surface area contributed by atoms with Gasteiger partial charge in [-0.3, -0.25) is 0 Å². The van der Waals surface area contributed by atoms with Gasteiger partial charge < -0.3 is 0 Å². The molecule has 1 aliphatic rings. The molecular formula is C15H21Cl. The van der Waals surface area contributed by atoms with Crippen molar-refractivity contribution >= 4 is 11.6 Å². The van der Waals surface area contributed by atoms with E-state index in [2.05, 4.69) is 38.7 Å². The van der Waals surface area contributed by atoms with Gasteiger partial charge in [-0.1, -0.05) is 56.2 Å². The van der Waals surface area contributed by atoms with Crippen LogP contribution in [-0.4, -0.2) is 0 Å². The second kappa shape index (κ2) is 6.10. The molecule has 0 nitrogen and oxygen atoms in total. The van der Waals surface area contributed by atoms with E-state index in [0.717, 1.165) is 23.4 Å². The number of halogens is 1. The van der Waals surface area contributed by atoms with Crippen LogP contribution in [0.15, 0.2) is 46.6 Å². The molecule has 0 radical (unpaired) electrons. The average molecular weight is 237 g/mol. The summed E-state index contributed by atoms with van der Waals surface area (Å²) in [6, 6.07) is 0. The van der Waals surface area contributed by atoms with Gasteiger partial charge in [0, 0.05) is 5.03 Å². The van der Waals surface area contributed by atoms with Crippen LogP contribution in [0.5, 0.6) is 0 Å². The fraction of sp³-hybridized carbons (Fsp3) is 0.467. The van der Waals surface area contributed by atoms with Gasteiger partial charge >= 0.3 is 0 Å². The Balaban J connectivity index is 2.94. The SMILES string of the molecule is C=C(C)C1=C(/C=C\C(C)CC)CCC(Cl)=C1. The molecule has 0 spiro atoms. The van der Waals surface area contributed by atoms with Gasteiger partial charge in [-0.2, -0.15) is 0 Å². The topological polar surface area (TPSA) is 0 Å². The normalized spacial score (nSPS) is 18.9. The first-order chi connectivity index (χ1) is 7.54. The molecule has 0 aromatic carbocycles. The molecule has 1 aliphatic carbocycles. The number of hydrogen-bond donors (Lipinski definition) is 0. The first-order valence-electron chi connectivity index (χ1n) is 5.98. The largest absolute Gasteiger partial charge is 0.0955 e. The lowest BCUT2D eigenvalue weighted by Gasteiger charge is -2.15. The molecule has 0 aromatic heterocycles. The summed E-state index contributed by atoms with van der Waals surface area (Å²) in [5.41, 5.74) is 3.69. The second-order valence-electron chi connectivity index (χ2n) is 4.56. The molecule has 0 bridgehead atoms. The van der Waals surface area contributed by atoms with Crippen LogP contribution in [0, 0.1) is 5.92 Å². The van der Waals surface area contributed by atoms with Gasteiger partial charge in [0.25, 0.3) is 0 Å². The minimum absolute atomic E-state index is 0.639. The van der Waals surface area contributed by atoms with Crippen LogP contribution in [0.4, 0.5) is 0 Å². The van der Waals surface area contributed by atoms with Crippen molar-refractivity contribution in [1.82, 2.24) is 0 Å². The fourth-order valence-corrected chi connectivity index (χ4v) is 1.90. The Labute approximate surface area is 104 Å². The van der Waals surface area contributed by atoms with Gasteiger partial charge in [0.2, 0.25) is 0 Å². The summed E-state index contributed by atoms with van der Waals surface area (Å²) in [7, 11) is 0. The summed E-state index contributed by atoms with van der Waals surface area (Å²) < 4.78 is 0. The van der Waals surface area contributed by atoms with E-state index in [4.69, 9.17) is 11.6 Å². The van der Waals surface area contributed by atoms with Gasteiger partial charge in [-0.15, -0.1) is 0 Å². The molecule has 88 valence electrons. The summed E-state index contributed by atoms with van der Waals surface area (Å²) in [6.45, 7) is 10.5. The maximum atomic E-state index is 6.07. The summed E-state index contributed by atoms with van der Waals surface area (Å²) >= 11 is 6.07. The monoisotopic (exact) mass is 236 g/mol. The average Bonchev–Trinajstić information content (AvgIpc) is 2.26. The van der Waals surface area contributed by atoms with E-state index in [0.29, 0.717) is 5.92 Å². The predicted molar refractivity (Wildman–Crippen MR) is 73.6 cm³/mol.